The van der Waals surface area contributed by atoms with Gasteiger partial charge in [0.25, 0.3) is 0 Å². The zero-order chi connectivity index (χ0) is 14.4. The van der Waals surface area contributed by atoms with E-state index in [4.69, 9.17) is 11.6 Å². The number of anilines is 2. The van der Waals surface area contributed by atoms with Crippen LogP contribution in [-0.4, -0.2) is 21.2 Å². The zero-order valence-corrected chi connectivity index (χ0v) is 12.2. The van der Waals surface area contributed by atoms with Gasteiger partial charge < -0.3 is 5.32 Å². The predicted molar refractivity (Wildman–Crippen MR) is 82.4 cm³/mol. The molecule has 2 heterocycles. The number of pyridine rings is 1. The van der Waals surface area contributed by atoms with Gasteiger partial charge in [0, 0.05) is 24.3 Å². The van der Waals surface area contributed by atoms with Gasteiger partial charge in [0.1, 0.15) is 5.69 Å². The van der Waals surface area contributed by atoms with Gasteiger partial charge in [-0.2, -0.15) is 4.98 Å². The Hall–Kier alpha value is -2.01. The smallest absolute Gasteiger partial charge is 0.224 e. The lowest BCUT2D eigenvalue weighted by Crippen LogP contribution is -1.98. The number of aliphatic imine (C=N–C) groups is 1. The molecule has 0 aliphatic rings. The fourth-order valence-corrected chi connectivity index (χ4v) is 1.84. The van der Waals surface area contributed by atoms with E-state index < -0.39 is 0 Å². The molecule has 0 radical (unpaired) electrons. The molecule has 0 aliphatic heterocycles. The van der Waals surface area contributed by atoms with Gasteiger partial charge in [0.15, 0.2) is 5.82 Å². The molecule has 0 spiro atoms. The standard InChI is InChI=1S/C14H16ClN5/c1-3-4-7-17-12-10(2)18-14(15)20-13(12)19-11-5-8-16-9-6-11/h5-9H,3-4H2,1-2H3,(H,16,18,19,20). The highest BCUT2D eigenvalue weighted by Crippen LogP contribution is 2.29. The summed E-state index contributed by atoms with van der Waals surface area (Å²) in [4.78, 5) is 16.8. The van der Waals surface area contributed by atoms with Gasteiger partial charge in [0.2, 0.25) is 5.28 Å². The number of aromatic nitrogens is 3. The van der Waals surface area contributed by atoms with Crippen LogP contribution in [0.5, 0.6) is 0 Å². The monoisotopic (exact) mass is 289 g/mol. The third-order valence-corrected chi connectivity index (χ3v) is 2.78. The summed E-state index contributed by atoms with van der Waals surface area (Å²) in [5.74, 6) is 0.598. The minimum atomic E-state index is 0.202. The van der Waals surface area contributed by atoms with E-state index in [0.29, 0.717) is 11.5 Å². The first kappa shape index (κ1) is 14.4. The molecule has 2 rings (SSSR count). The van der Waals surface area contributed by atoms with Crippen molar-refractivity contribution in [2.24, 2.45) is 4.99 Å². The number of unbranched alkanes of at least 4 members (excludes halogenated alkanes) is 1. The van der Waals surface area contributed by atoms with Crippen LogP contribution in [0.1, 0.15) is 25.5 Å². The molecule has 0 amide bonds. The SMILES string of the molecule is CCCC=Nc1c(C)nc(Cl)nc1Nc1ccncc1. The summed E-state index contributed by atoms with van der Waals surface area (Å²) in [6, 6.07) is 3.70. The number of halogens is 1. The first-order valence-electron chi connectivity index (χ1n) is 6.44. The highest BCUT2D eigenvalue weighted by molar-refractivity contribution is 6.28. The molecular formula is C14H16ClN5. The molecule has 2 aromatic rings. The van der Waals surface area contributed by atoms with E-state index in [0.717, 1.165) is 24.2 Å². The van der Waals surface area contributed by atoms with Crippen LogP contribution in [0.25, 0.3) is 0 Å². The van der Waals surface area contributed by atoms with Crippen molar-refractivity contribution in [2.75, 3.05) is 5.32 Å². The molecule has 6 heteroatoms. The Morgan fingerprint density at radius 3 is 2.75 bits per heavy atom. The molecule has 20 heavy (non-hydrogen) atoms. The number of nitrogens with one attached hydrogen (secondary N) is 1. The largest absolute Gasteiger partial charge is 0.338 e. The van der Waals surface area contributed by atoms with Gasteiger partial charge in [0.05, 0.1) is 5.69 Å². The molecule has 0 bridgehead atoms. The molecule has 1 N–H and O–H groups in total. The highest BCUT2D eigenvalue weighted by atomic mass is 35.5. The average Bonchev–Trinajstić information content (AvgIpc) is 2.43. The average molecular weight is 290 g/mol. The van der Waals surface area contributed by atoms with E-state index in [9.17, 15) is 0 Å². The van der Waals surface area contributed by atoms with Gasteiger partial charge in [-0.05, 0) is 37.1 Å². The topological polar surface area (TPSA) is 63.1 Å². The lowest BCUT2D eigenvalue weighted by Gasteiger charge is -2.10. The molecule has 0 atom stereocenters. The minimum Gasteiger partial charge on any atom is -0.338 e. The maximum absolute atomic E-state index is 5.92. The maximum Gasteiger partial charge on any atom is 0.224 e. The van der Waals surface area contributed by atoms with Crippen LogP contribution in [0.2, 0.25) is 5.28 Å². The van der Waals surface area contributed by atoms with Gasteiger partial charge in [-0.3, -0.25) is 9.98 Å². The fraction of sp³-hybridized carbons (Fsp3) is 0.286. The Kier molecular flexibility index (Phi) is 5.01. The van der Waals surface area contributed by atoms with Crippen molar-refractivity contribution in [3.63, 3.8) is 0 Å². The maximum atomic E-state index is 5.92. The van der Waals surface area contributed by atoms with Crippen LogP contribution >= 0.6 is 11.6 Å². The third kappa shape index (κ3) is 3.74. The van der Waals surface area contributed by atoms with E-state index in [-0.39, 0.29) is 5.28 Å². The first-order chi connectivity index (χ1) is 9.70. The van der Waals surface area contributed by atoms with Crippen molar-refractivity contribution >= 4 is 35.0 Å². The fourth-order valence-electron chi connectivity index (χ4n) is 1.63. The van der Waals surface area contributed by atoms with E-state index in [1.165, 1.54) is 0 Å². The molecular weight excluding hydrogens is 274 g/mol. The lowest BCUT2D eigenvalue weighted by atomic mass is 10.3. The highest BCUT2D eigenvalue weighted by Gasteiger charge is 2.10. The Balaban J connectivity index is 2.34. The van der Waals surface area contributed by atoms with Crippen LogP contribution in [0.15, 0.2) is 29.5 Å². The predicted octanol–water partition coefficient (Wildman–Crippen LogP) is 4.08. The Morgan fingerprint density at radius 2 is 2.05 bits per heavy atom. The molecule has 0 saturated heterocycles. The summed E-state index contributed by atoms with van der Waals surface area (Å²) in [5, 5.41) is 3.39. The number of nitrogens with zero attached hydrogens (tertiary/aromatic N) is 4. The minimum absolute atomic E-state index is 0.202. The van der Waals surface area contributed by atoms with E-state index in [1.807, 2.05) is 25.3 Å². The van der Waals surface area contributed by atoms with Gasteiger partial charge >= 0.3 is 0 Å². The summed E-state index contributed by atoms with van der Waals surface area (Å²) in [6.07, 6.45) is 7.24. The van der Waals surface area contributed by atoms with E-state index >= 15 is 0 Å². The second kappa shape index (κ2) is 6.96. The van der Waals surface area contributed by atoms with Crippen molar-refractivity contribution in [2.45, 2.75) is 26.7 Å². The number of hydrogen-bond donors (Lipinski definition) is 1. The molecule has 2 aromatic heterocycles. The zero-order valence-electron chi connectivity index (χ0n) is 11.5. The Labute approximate surface area is 123 Å². The quantitative estimate of drug-likeness (QED) is 0.665. The second-order valence-electron chi connectivity index (χ2n) is 4.24. The number of rotatable bonds is 5. The molecule has 0 fully saturated rings. The van der Waals surface area contributed by atoms with Crippen LogP contribution < -0.4 is 5.32 Å². The number of aryl methyl sites for hydroxylation is 1. The number of hydrogen-bond acceptors (Lipinski definition) is 5. The van der Waals surface area contributed by atoms with Crippen molar-refractivity contribution in [3.8, 4) is 0 Å². The summed E-state index contributed by atoms with van der Waals surface area (Å²) in [5.41, 5.74) is 2.33. The third-order valence-electron chi connectivity index (χ3n) is 2.61. The first-order valence-corrected chi connectivity index (χ1v) is 6.82. The lowest BCUT2D eigenvalue weighted by molar-refractivity contribution is 1.01. The van der Waals surface area contributed by atoms with Crippen molar-refractivity contribution in [1.82, 2.24) is 15.0 Å². The van der Waals surface area contributed by atoms with Gasteiger partial charge in [-0.25, -0.2) is 4.98 Å². The van der Waals surface area contributed by atoms with Crippen LogP contribution in [-0.2, 0) is 0 Å². The normalized spacial score (nSPS) is 10.9. The molecule has 5 nitrogen and oxygen atoms in total. The molecule has 0 aliphatic carbocycles. The second-order valence-corrected chi connectivity index (χ2v) is 4.57. The van der Waals surface area contributed by atoms with E-state index in [1.54, 1.807) is 12.4 Å². The molecule has 0 unspecified atom stereocenters. The molecule has 0 aromatic carbocycles. The van der Waals surface area contributed by atoms with Gasteiger partial charge in [-0.1, -0.05) is 13.3 Å². The summed E-state index contributed by atoms with van der Waals surface area (Å²) in [6.45, 7) is 3.97. The van der Waals surface area contributed by atoms with Crippen LogP contribution in [0.4, 0.5) is 17.2 Å². The summed E-state index contributed by atoms with van der Waals surface area (Å²) >= 11 is 5.92. The van der Waals surface area contributed by atoms with E-state index in [2.05, 4.69) is 32.2 Å². The molecule has 0 saturated carbocycles. The van der Waals surface area contributed by atoms with Crippen LogP contribution in [0.3, 0.4) is 0 Å². The molecule has 104 valence electrons. The van der Waals surface area contributed by atoms with Crippen molar-refractivity contribution < 1.29 is 0 Å². The van der Waals surface area contributed by atoms with Gasteiger partial charge in [-0.15, -0.1) is 0 Å². The van der Waals surface area contributed by atoms with Crippen molar-refractivity contribution in [3.05, 3.63) is 35.5 Å². The summed E-state index contributed by atoms with van der Waals surface area (Å²) < 4.78 is 0. The Bertz CT molecular complexity index is 598. The summed E-state index contributed by atoms with van der Waals surface area (Å²) in [7, 11) is 0. The Morgan fingerprint density at radius 1 is 1.30 bits per heavy atom. The van der Waals surface area contributed by atoms with Crippen molar-refractivity contribution in [1.29, 1.82) is 0 Å². The van der Waals surface area contributed by atoms with Crippen LogP contribution in [0, 0.1) is 6.92 Å².